The number of morpholine rings is 1. The maximum absolute atomic E-state index is 12.0. The van der Waals surface area contributed by atoms with Gasteiger partial charge in [-0.25, -0.2) is 0 Å². The van der Waals surface area contributed by atoms with Gasteiger partial charge in [-0.2, -0.15) is 0 Å². The van der Waals surface area contributed by atoms with Crippen LogP contribution in [0.2, 0.25) is 0 Å². The molecule has 28 heavy (non-hydrogen) atoms. The number of ether oxygens (including phenoxy) is 1. The van der Waals surface area contributed by atoms with Gasteiger partial charge in [-0.3, -0.25) is 14.7 Å². The summed E-state index contributed by atoms with van der Waals surface area (Å²) < 4.78 is 5.43. The van der Waals surface area contributed by atoms with Crippen LogP contribution in [0.1, 0.15) is 25.8 Å². The second-order valence-electron chi connectivity index (χ2n) is 7.28. The molecule has 1 aliphatic heterocycles. The van der Waals surface area contributed by atoms with Crippen LogP contribution in [0.15, 0.2) is 35.3 Å². The number of carbonyl (C=O) groups excluding carboxylic acids is 1. The number of benzene rings is 1. The van der Waals surface area contributed by atoms with E-state index in [1.165, 1.54) is 0 Å². The molecule has 1 aromatic carbocycles. The number of hydrogen-bond acceptors (Lipinski definition) is 4. The van der Waals surface area contributed by atoms with Crippen LogP contribution in [-0.4, -0.2) is 68.7 Å². The number of nitrogens with one attached hydrogen (secondary N) is 3. The van der Waals surface area contributed by atoms with Gasteiger partial charge >= 0.3 is 0 Å². The van der Waals surface area contributed by atoms with Gasteiger partial charge in [0.25, 0.3) is 0 Å². The van der Waals surface area contributed by atoms with E-state index in [0.717, 1.165) is 38.4 Å². The molecule has 0 aromatic heterocycles. The smallest absolute Gasteiger partial charge is 0.222 e. The molecule has 0 bridgehead atoms. The molecule has 158 valence electrons. The van der Waals surface area contributed by atoms with Crippen molar-refractivity contribution in [2.75, 3.05) is 46.4 Å². The molecule has 2 rings (SSSR count). The van der Waals surface area contributed by atoms with Crippen molar-refractivity contribution in [1.82, 2.24) is 20.9 Å². The minimum absolute atomic E-state index is 0. The van der Waals surface area contributed by atoms with Crippen LogP contribution >= 0.6 is 24.0 Å². The number of aliphatic imine (C=N–C) groups is 1. The maximum atomic E-state index is 12.0. The molecular formula is C20H34IN5O2. The van der Waals surface area contributed by atoms with Gasteiger partial charge in [0.2, 0.25) is 5.91 Å². The van der Waals surface area contributed by atoms with Crippen molar-refractivity contribution in [3.8, 4) is 0 Å². The van der Waals surface area contributed by atoms with Gasteiger partial charge in [-0.15, -0.1) is 24.0 Å². The van der Waals surface area contributed by atoms with Gasteiger partial charge in [0.15, 0.2) is 5.96 Å². The number of halogens is 1. The summed E-state index contributed by atoms with van der Waals surface area (Å²) in [5.41, 5.74) is 1.11. The minimum Gasteiger partial charge on any atom is -0.379 e. The summed E-state index contributed by atoms with van der Waals surface area (Å²) >= 11 is 0. The standard InChI is InChI=1S/C20H33N5O2.HI/c1-20(2,25-11-13-27-14-12-25)16-24-19(21-3)22-10-9-18(26)23-15-17-7-5-4-6-8-17;/h4-8H,9-16H2,1-3H3,(H,23,26)(H2,21,22,24);1H. The number of nitrogens with zero attached hydrogens (tertiary/aromatic N) is 2. The summed E-state index contributed by atoms with van der Waals surface area (Å²) in [6, 6.07) is 9.91. The van der Waals surface area contributed by atoms with Gasteiger partial charge in [-0.05, 0) is 19.4 Å². The Hall–Kier alpha value is -1.39. The third kappa shape index (κ3) is 8.74. The van der Waals surface area contributed by atoms with Crippen LogP contribution in [-0.2, 0) is 16.1 Å². The summed E-state index contributed by atoms with van der Waals surface area (Å²) in [7, 11) is 1.74. The summed E-state index contributed by atoms with van der Waals surface area (Å²) in [6.07, 6.45) is 0.403. The van der Waals surface area contributed by atoms with Crippen LogP contribution in [0.3, 0.4) is 0 Å². The van der Waals surface area contributed by atoms with Crippen molar-refractivity contribution < 1.29 is 9.53 Å². The quantitative estimate of drug-likeness (QED) is 0.286. The van der Waals surface area contributed by atoms with E-state index in [1.807, 2.05) is 30.3 Å². The van der Waals surface area contributed by atoms with E-state index in [-0.39, 0.29) is 35.4 Å². The first-order valence-corrected chi connectivity index (χ1v) is 9.59. The fourth-order valence-electron chi connectivity index (χ4n) is 2.98. The number of rotatable bonds is 8. The molecule has 0 radical (unpaired) electrons. The monoisotopic (exact) mass is 503 g/mol. The van der Waals surface area contributed by atoms with Crippen molar-refractivity contribution in [2.45, 2.75) is 32.4 Å². The Morgan fingerprint density at radius 3 is 2.46 bits per heavy atom. The van der Waals surface area contributed by atoms with Crippen molar-refractivity contribution in [3.63, 3.8) is 0 Å². The lowest BCUT2D eigenvalue weighted by atomic mass is 10.0. The Morgan fingerprint density at radius 1 is 1.14 bits per heavy atom. The van der Waals surface area contributed by atoms with Crippen molar-refractivity contribution in [1.29, 1.82) is 0 Å². The Bertz CT molecular complexity index is 604. The van der Waals surface area contributed by atoms with Crippen LogP contribution in [0.4, 0.5) is 0 Å². The van der Waals surface area contributed by atoms with Crippen molar-refractivity contribution >= 4 is 35.8 Å². The van der Waals surface area contributed by atoms with Gasteiger partial charge in [-0.1, -0.05) is 30.3 Å². The fraction of sp³-hybridized carbons (Fsp3) is 0.600. The molecule has 7 nitrogen and oxygen atoms in total. The highest BCUT2D eigenvalue weighted by Gasteiger charge is 2.28. The maximum Gasteiger partial charge on any atom is 0.222 e. The fourth-order valence-corrected chi connectivity index (χ4v) is 2.98. The first kappa shape index (κ1) is 24.6. The Kier molecular flexibility index (Phi) is 11.4. The molecule has 0 unspecified atom stereocenters. The van der Waals surface area contributed by atoms with Crippen LogP contribution in [0.5, 0.6) is 0 Å². The zero-order chi connectivity index (χ0) is 19.5. The van der Waals surface area contributed by atoms with E-state index in [9.17, 15) is 4.79 Å². The lowest BCUT2D eigenvalue weighted by molar-refractivity contribution is -0.121. The average molecular weight is 503 g/mol. The highest BCUT2D eigenvalue weighted by Crippen LogP contribution is 2.14. The van der Waals surface area contributed by atoms with Crippen LogP contribution in [0, 0.1) is 0 Å². The van der Waals surface area contributed by atoms with Gasteiger partial charge in [0.05, 0.1) is 13.2 Å². The molecule has 1 fully saturated rings. The molecule has 0 aliphatic carbocycles. The molecule has 3 N–H and O–H groups in total. The lowest BCUT2D eigenvalue weighted by Gasteiger charge is -2.41. The van der Waals surface area contributed by atoms with Gasteiger partial charge in [0, 0.05) is 51.7 Å². The summed E-state index contributed by atoms with van der Waals surface area (Å²) in [6.45, 7) is 9.77. The molecular weight excluding hydrogens is 469 g/mol. The van der Waals surface area contributed by atoms with E-state index >= 15 is 0 Å². The molecule has 1 aromatic rings. The summed E-state index contributed by atoms with van der Waals surface area (Å²) in [5, 5.41) is 9.50. The van der Waals surface area contributed by atoms with E-state index in [4.69, 9.17) is 4.74 Å². The van der Waals surface area contributed by atoms with Crippen LogP contribution in [0.25, 0.3) is 0 Å². The molecule has 0 atom stereocenters. The van der Waals surface area contributed by atoms with E-state index in [0.29, 0.717) is 25.5 Å². The van der Waals surface area contributed by atoms with Crippen molar-refractivity contribution in [3.05, 3.63) is 35.9 Å². The average Bonchev–Trinajstić information content (AvgIpc) is 2.70. The normalized spacial score (nSPS) is 15.5. The third-order valence-corrected chi connectivity index (χ3v) is 4.76. The third-order valence-electron chi connectivity index (χ3n) is 4.76. The highest BCUT2D eigenvalue weighted by atomic mass is 127. The molecule has 1 saturated heterocycles. The molecule has 8 heteroatoms. The largest absolute Gasteiger partial charge is 0.379 e. The zero-order valence-electron chi connectivity index (χ0n) is 17.2. The topological polar surface area (TPSA) is 78.0 Å². The van der Waals surface area contributed by atoms with E-state index < -0.39 is 0 Å². The van der Waals surface area contributed by atoms with Gasteiger partial charge in [0.1, 0.15) is 0 Å². The van der Waals surface area contributed by atoms with Gasteiger partial charge < -0.3 is 20.7 Å². The SMILES string of the molecule is CN=C(NCCC(=O)NCc1ccccc1)NCC(C)(C)N1CCOCC1.I. The Morgan fingerprint density at radius 2 is 1.82 bits per heavy atom. The second kappa shape index (κ2) is 12.9. The highest BCUT2D eigenvalue weighted by molar-refractivity contribution is 14.0. The molecule has 1 heterocycles. The molecule has 1 aliphatic rings. The molecule has 0 saturated carbocycles. The van der Waals surface area contributed by atoms with E-state index in [2.05, 4.69) is 39.7 Å². The second-order valence-corrected chi connectivity index (χ2v) is 7.28. The summed E-state index contributed by atoms with van der Waals surface area (Å²) in [5.74, 6) is 0.739. The summed E-state index contributed by atoms with van der Waals surface area (Å²) in [4.78, 5) is 18.7. The van der Waals surface area contributed by atoms with E-state index in [1.54, 1.807) is 7.05 Å². The van der Waals surface area contributed by atoms with Crippen molar-refractivity contribution in [2.24, 2.45) is 4.99 Å². The first-order valence-electron chi connectivity index (χ1n) is 9.59. The number of guanidine groups is 1. The van der Waals surface area contributed by atoms with Crippen LogP contribution < -0.4 is 16.0 Å². The number of amides is 1. The molecule has 0 spiro atoms. The number of carbonyl (C=O) groups is 1. The number of hydrogen-bond donors (Lipinski definition) is 3. The Balaban J connectivity index is 0.00000392. The first-order chi connectivity index (χ1) is 13.0. The Labute approximate surface area is 185 Å². The molecule has 1 amide bonds. The lowest BCUT2D eigenvalue weighted by Crippen LogP contribution is -2.56. The predicted molar refractivity (Wildman–Crippen MR) is 124 cm³/mol. The zero-order valence-corrected chi connectivity index (χ0v) is 19.5. The predicted octanol–water partition coefficient (Wildman–Crippen LogP) is 1.59. The minimum atomic E-state index is 0.